The first kappa shape index (κ1) is 14.7. The molecule has 2 fully saturated rings. The molecule has 110 valence electrons. The van der Waals surface area contributed by atoms with E-state index in [1.54, 1.807) is 27.7 Å². The molecule has 2 aliphatic rings. The van der Waals surface area contributed by atoms with Gasteiger partial charge in [0.25, 0.3) is 0 Å². The summed E-state index contributed by atoms with van der Waals surface area (Å²) in [5, 5.41) is 18.6. The van der Waals surface area contributed by atoms with E-state index < -0.39 is 42.0 Å². The van der Waals surface area contributed by atoms with E-state index in [4.69, 9.17) is 24.1 Å². The van der Waals surface area contributed by atoms with Crippen LogP contribution in [0.15, 0.2) is 0 Å². The molecular weight excluding hydrogens is 256 g/mol. The number of aliphatic hydroxyl groups is 1. The summed E-state index contributed by atoms with van der Waals surface area (Å²) < 4.78 is 22.2. The molecule has 0 aromatic rings. The third-order valence-corrected chi connectivity index (χ3v) is 3.12. The Balaban J connectivity index is 2.15. The summed E-state index contributed by atoms with van der Waals surface area (Å²) in [6, 6.07) is 0. The van der Waals surface area contributed by atoms with Crippen LogP contribution in [-0.4, -0.2) is 58.8 Å². The Morgan fingerprint density at radius 1 is 1.16 bits per heavy atom. The summed E-state index contributed by atoms with van der Waals surface area (Å²) in [7, 11) is 0. The van der Waals surface area contributed by atoms with E-state index >= 15 is 0 Å². The van der Waals surface area contributed by atoms with Gasteiger partial charge in [-0.25, -0.2) is 4.79 Å². The monoisotopic (exact) mass is 276 g/mol. The van der Waals surface area contributed by atoms with Crippen molar-refractivity contribution in [2.75, 3.05) is 6.61 Å². The van der Waals surface area contributed by atoms with Gasteiger partial charge in [-0.1, -0.05) is 0 Å². The average Bonchev–Trinajstić information content (AvgIpc) is 2.77. The third-order valence-electron chi connectivity index (χ3n) is 3.12. The summed E-state index contributed by atoms with van der Waals surface area (Å²) >= 11 is 0. The molecule has 2 heterocycles. The summed E-state index contributed by atoms with van der Waals surface area (Å²) in [6.07, 6.45) is -3.83. The first-order valence-electron chi connectivity index (χ1n) is 6.20. The molecule has 0 aliphatic carbocycles. The van der Waals surface area contributed by atoms with Crippen LogP contribution in [0.3, 0.4) is 0 Å². The van der Waals surface area contributed by atoms with Gasteiger partial charge in [0.15, 0.2) is 17.7 Å². The number of aliphatic hydroxyl groups excluding tert-OH is 1. The van der Waals surface area contributed by atoms with Gasteiger partial charge in [-0.15, -0.1) is 0 Å². The molecule has 2 saturated heterocycles. The first-order chi connectivity index (χ1) is 8.61. The molecule has 0 unspecified atom stereocenters. The highest BCUT2D eigenvalue weighted by Gasteiger charge is 2.53. The van der Waals surface area contributed by atoms with Crippen LogP contribution in [0.5, 0.6) is 0 Å². The van der Waals surface area contributed by atoms with Crippen LogP contribution in [0.25, 0.3) is 0 Å². The molecule has 4 atom stereocenters. The Bertz CT molecular complexity index is 365. The number of hydrogen-bond acceptors (Lipinski definition) is 6. The van der Waals surface area contributed by atoms with Crippen LogP contribution in [0.1, 0.15) is 27.7 Å². The minimum absolute atomic E-state index is 0.264. The Kier molecular flexibility index (Phi) is 3.61. The van der Waals surface area contributed by atoms with Crippen molar-refractivity contribution in [2.45, 2.75) is 63.7 Å². The van der Waals surface area contributed by atoms with E-state index in [9.17, 15) is 9.90 Å². The van der Waals surface area contributed by atoms with Crippen molar-refractivity contribution >= 4 is 5.97 Å². The molecule has 7 nitrogen and oxygen atoms in total. The van der Waals surface area contributed by atoms with Crippen molar-refractivity contribution in [2.24, 2.45) is 0 Å². The van der Waals surface area contributed by atoms with E-state index in [1.165, 1.54) is 0 Å². The second-order valence-electron chi connectivity index (χ2n) is 5.71. The topological polar surface area (TPSA) is 94.5 Å². The highest BCUT2D eigenvalue weighted by atomic mass is 16.8. The minimum Gasteiger partial charge on any atom is -0.479 e. The minimum atomic E-state index is -1.67. The lowest BCUT2D eigenvalue weighted by Gasteiger charge is -2.24. The summed E-state index contributed by atoms with van der Waals surface area (Å²) in [4.78, 5) is 10.9. The Morgan fingerprint density at radius 2 is 1.79 bits per heavy atom. The number of carboxylic acids is 1. The Labute approximate surface area is 111 Å². The van der Waals surface area contributed by atoms with Gasteiger partial charge in [0.1, 0.15) is 18.3 Å². The van der Waals surface area contributed by atoms with E-state index in [0.29, 0.717) is 0 Å². The maximum absolute atomic E-state index is 10.9. The predicted molar refractivity (Wildman–Crippen MR) is 62.4 cm³/mol. The van der Waals surface area contributed by atoms with Gasteiger partial charge in [0, 0.05) is 0 Å². The molecule has 2 aliphatic heterocycles. The number of carbonyl (C=O) groups is 1. The van der Waals surface area contributed by atoms with Gasteiger partial charge in [-0.3, -0.25) is 0 Å². The lowest BCUT2D eigenvalue weighted by atomic mass is 10.0. The van der Waals surface area contributed by atoms with Crippen molar-refractivity contribution in [3.8, 4) is 0 Å². The fourth-order valence-corrected chi connectivity index (χ4v) is 2.37. The second kappa shape index (κ2) is 4.68. The largest absolute Gasteiger partial charge is 0.479 e. The molecule has 0 aromatic heterocycles. The van der Waals surface area contributed by atoms with E-state index in [2.05, 4.69) is 0 Å². The average molecular weight is 276 g/mol. The maximum Gasteiger partial charge on any atom is 0.335 e. The van der Waals surface area contributed by atoms with Crippen LogP contribution >= 0.6 is 0 Å². The fourth-order valence-electron chi connectivity index (χ4n) is 2.37. The lowest BCUT2D eigenvalue weighted by molar-refractivity contribution is -0.176. The van der Waals surface area contributed by atoms with E-state index in [1.807, 2.05) is 0 Å². The number of hydrogen-bond donors (Lipinski definition) is 2. The molecule has 0 aromatic carbocycles. The highest BCUT2D eigenvalue weighted by Crippen LogP contribution is 2.36. The van der Waals surface area contributed by atoms with Gasteiger partial charge in [0.2, 0.25) is 0 Å². The SMILES string of the molecule is CC1(C)O[C@H]([C@H]2COC(C)(C)O2)[C@@H]([C@@H](O)C(=O)O)O1. The molecule has 0 radical (unpaired) electrons. The molecule has 7 heteroatoms. The Morgan fingerprint density at radius 3 is 2.26 bits per heavy atom. The fraction of sp³-hybridized carbons (Fsp3) is 0.917. The second-order valence-corrected chi connectivity index (χ2v) is 5.71. The quantitative estimate of drug-likeness (QED) is 0.755. The summed E-state index contributed by atoms with van der Waals surface area (Å²) in [5.41, 5.74) is 0. The summed E-state index contributed by atoms with van der Waals surface area (Å²) in [6.45, 7) is 7.11. The number of ether oxygens (including phenoxy) is 4. The number of aliphatic carboxylic acids is 1. The van der Waals surface area contributed by atoms with Crippen molar-refractivity contribution in [3.63, 3.8) is 0 Å². The zero-order valence-electron chi connectivity index (χ0n) is 11.5. The van der Waals surface area contributed by atoms with Crippen molar-refractivity contribution in [1.29, 1.82) is 0 Å². The van der Waals surface area contributed by atoms with Crippen molar-refractivity contribution in [1.82, 2.24) is 0 Å². The number of rotatable bonds is 3. The molecule has 2 rings (SSSR count). The Hall–Kier alpha value is -0.730. The van der Waals surface area contributed by atoms with E-state index in [0.717, 1.165) is 0 Å². The van der Waals surface area contributed by atoms with Crippen LogP contribution in [0.4, 0.5) is 0 Å². The van der Waals surface area contributed by atoms with Gasteiger partial charge >= 0.3 is 5.97 Å². The highest BCUT2D eigenvalue weighted by molar-refractivity contribution is 5.73. The lowest BCUT2D eigenvalue weighted by Crippen LogP contribution is -2.46. The van der Waals surface area contributed by atoms with Crippen molar-refractivity contribution < 1.29 is 34.0 Å². The van der Waals surface area contributed by atoms with E-state index in [-0.39, 0.29) is 6.61 Å². The molecule has 0 saturated carbocycles. The summed E-state index contributed by atoms with van der Waals surface area (Å²) in [5.74, 6) is -3.07. The van der Waals surface area contributed by atoms with Gasteiger partial charge < -0.3 is 29.2 Å². The van der Waals surface area contributed by atoms with Crippen LogP contribution in [0.2, 0.25) is 0 Å². The molecular formula is C12H20O7. The van der Waals surface area contributed by atoms with Crippen LogP contribution in [-0.2, 0) is 23.7 Å². The standard InChI is InChI=1S/C12H20O7/c1-11(2)16-5-6(17-11)8-9(7(13)10(14)15)19-12(3,4)18-8/h6-9,13H,5H2,1-4H3,(H,14,15)/t6-,7-,8-,9-/m1/s1. The molecule has 19 heavy (non-hydrogen) atoms. The predicted octanol–water partition coefficient (Wildman–Crippen LogP) is 0.103. The molecule has 0 bridgehead atoms. The maximum atomic E-state index is 10.9. The zero-order valence-corrected chi connectivity index (χ0v) is 11.5. The van der Waals surface area contributed by atoms with Gasteiger partial charge in [0.05, 0.1) is 6.61 Å². The molecule has 2 N–H and O–H groups in total. The third kappa shape index (κ3) is 3.06. The first-order valence-corrected chi connectivity index (χ1v) is 6.20. The molecule has 0 amide bonds. The smallest absolute Gasteiger partial charge is 0.335 e. The van der Waals surface area contributed by atoms with Gasteiger partial charge in [-0.05, 0) is 27.7 Å². The van der Waals surface area contributed by atoms with Crippen molar-refractivity contribution in [3.05, 3.63) is 0 Å². The normalized spacial score (nSPS) is 38.3. The molecule has 0 spiro atoms. The van der Waals surface area contributed by atoms with Crippen LogP contribution in [0, 0.1) is 0 Å². The van der Waals surface area contributed by atoms with Crippen LogP contribution < -0.4 is 0 Å². The van der Waals surface area contributed by atoms with Gasteiger partial charge in [-0.2, -0.15) is 0 Å². The zero-order chi connectivity index (χ0) is 14.4. The number of carboxylic acid groups (broad SMARTS) is 1.